The van der Waals surface area contributed by atoms with Crippen molar-refractivity contribution < 1.29 is 0 Å². The molecule has 2 spiro atoms. The van der Waals surface area contributed by atoms with Crippen LogP contribution in [0.3, 0.4) is 0 Å². The topological polar surface area (TPSA) is 42.1 Å². The number of fused-ring (bicyclic) bond motifs is 26. The molecule has 16 aromatic carbocycles. The molecule has 0 unspecified atom stereocenters. The lowest BCUT2D eigenvalue weighted by molar-refractivity contribution is 0.793. The van der Waals surface area contributed by atoms with Crippen molar-refractivity contribution in [3.63, 3.8) is 0 Å². The van der Waals surface area contributed by atoms with Crippen LogP contribution in [-0.4, -0.2) is 19.1 Å². The Morgan fingerprint density at radius 3 is 0.722 bits per heavy atom. The summed E-state index contributed by atoms with van der Waals surface area (Å²) in [6.07, 6.45) is 3.63. The molecule has 0 N–H and O–H groups in total. The maximum absolute atomic E-state index is 5.18. The number of rotatable bonds is 10. The zero-order valence-electron chi connectivity index (χ0n) is 58.6. The van der Waals surface area contributed by atoms with Gasteiger partial charge in [-0.3, -0.25) is 9.97 Å². The largest absolute Gasteiger partial charge is 0.310 e. The molecule has 0 radical (unpaired) electrons. The van der Waals surface area contributed by atoms with Crippen molar-refractivity contribution in [2.24, 2.45) is 0 Å². The molecule has 0 amide bonds. The van der Waals surface area contributed by atoms with Gasteiger partial charge in [-0.2, -0.15) is 0 Å². The second kappa shape index (κ2) is 23.1. The van der Waals surface area contributed by atoms with Crippen LogP contribution in [0.4, 0.5) is 34.1 Å². The van der Waals surface area contributed by atoms with Crippen molar-refractivity contribution in [3.8, 4) is 78.4 Å². The summed E-state index contributed by atoms with van der Waals surface area (Å²) >= 11 is 0. The maximum Gasteiger partial charge on any atom is 0.0965 e. The van der Waals surface area contributed by atoms with Crippen molar-refractivity contribution in [2.75, 3.05) is 9.80 Å². The molecule has 0 saturated heterocycles. The van der Waals surface area contributed by atoms with E-state index in [1.165, 1.54) is 133 Å². The van der Waals surface area contributed by atoms with Gasteiger partial charge in [0.25, 0.3) is 0 Å². The summed E-state index contributed by atoms with van der Waals surface area (Å²) < 4.78 is 4.79. The van der Waals surface area contributed by atoms with E-state index in [0.29, 0.717) is 0 Å². The fraction of sp³-hybridized carbons (Fsp3) is 0.0196. The van der Waals surface area contributed by atoms with Crippen molar-refractivity contribution >= 4 is 77.7 Å². The first-order chi connectivity index (χ1) is 53.6. The molecule has 4 aliphatic carbocycles. The van der Waals surface area contributed by atoms with E-state index in [1.807, 2.05) is 12.4 Å². The van der Waals surface area contributed by atoms with Crippen LogP contribution in [0.1, 0.15) is 44.5 Å². The minimum atomic E-state index is -0.515. The van der Waals surface area contributed by atoms with Gasteiger partial charge in [-0.15, -0.1) is 0 Å². The highest BCUT2D eigenvalue weighted by atomic mass is 15.2. The van der Waals surface area contributed by atoms with E-state index in [9.17, 15) is 0 Å². The average molecular weight is 1370 g/mol. The van der Waals surface area contributed by atoms with E-state index in [0.717, 1.165) is 68.0 Å². The Morgan fingerprint density at radius 1 is 0.204 bits per heavy atom. The van der Waals surface area contributed by atoms with Gasteiger partial charge in [0.1, 0.15) is 0 Å². The lowest BCUT2D eigenvalue weighted by atomic mass is 9.70. The van der Waals surface area contributed by atoms with Crippen LogP contribution < -0.4 is 9.80 Å². The number of hydrogen-bond acceptors (Lipinski definition) is 4. The van der Waals surface area contributed by atoms with Crippen molar-refractivity contribution in [1.82, 2.24) is 19.1 Å². The SMILES string of the molecule is c1ccc2c(c1)-c1ccccc1C21c2ccccc2-c2ccc(N(c3ccc(-c4nccnc4-c4ccc(N(c5ccc(-n6c7ccccc7c7ccccc76)cc5)c5ccc6c(c5)C5(c7ccccc7-c7ccccc75)c5ccccc5-6)cc4)cc3)c3ccc(-n4c5ccccc5c5ccccc54)cc3)cc21. The summed E-state index contributed by atoms with van der Waals surface area (Å²) in [5.41, 5.74) is 36.3. The molecular weight excluding hydrogens is 1310 g/mol. The Kier molecular flexibility index (Phi) is 12.9. The summed E-state index contributed by atoms with van der Waals surface area (Å²) in [6, 6.07) is 140. The van der Waals surface area contributed by atoms with Crippen LogP contribution >= 0.6 is 0 Å². The molecule has 3 heterocycles. The smallest absolute Gasteiger partial charge is 0.0965 e. The van der Waals surface area contributed by atoms with Crippen molar-refractivity contribution in [1.29, 1.82) is 0 Å². The summed E-state index contributed by atoms with van der Waals surface area (Å²) in [5, 5.41) is 4.94. The second-order valence-electron chi connectivity index (χ2n) is 29.0. The van der Waals surface area contributed by atoms with E-state index in [-0.39, 0.29) is 0 Å². The molecule has 0 fully saturated rings. The van der Waals surface area contributed by atoms with E-state index in [1.54, 1.807) is 0 Å². The molecular formula is C102H64N6. The molecule has 6 nitrogen and oxygen atoms in total. The first-order valence-corrected chi connectivity index (χ1v) is 37.3. The Labute approximate surface area is 624 Å². The summed E-state index contributed by atoms with van der Waals surface area (Å²) in [5.74, 6) is 0. The van der Waals surface area contributed by atoms with Gasteiger partial charge in [0, 0.05) is 90.6 Å². The van der Waals surface area contributed by atoms with Gasteiger partial charge in [-0.1, -0.05) is 255 Å². The second-order valence-corrected chi connectivity index (χ2v) is 29.0. The number of para-hydroxylation sites is 4. The number of aromatic nitrogens is 4. The molecule has 6 heteroatoms. The van der Waals surface area contributed by atoms with Gasteiger partial charge in [-0.25, -0.2) is 0 Å². The summed E-state index contributed by atoms with van der Waals surface area (Å²) in [4.78, 5) is 15.2. The molecule has 0 saturated carbocycles. The standard InChI is InChI=1S/C102H64N6/c1-11-31-87-75(21-1)76-22-2-12-32-88(76)101(87)91-35-15-5-25-79(91)81-59-57-73(63-93(81)101)105(69-49-53-71(54-50-69)107-95-37-17-7-27-83(95)84-28-8-18-38-96(84)107)67-45-41-65(42-46-67)99-100(104-62-61-103-99)66-43-47-68(48-44-66)106(70-51-55-72(56-52-70)108-97-39-19-9-29-85(97)86-30-10-20-40-98(86)108)74-58-60-82-80-26-6-16-36-92(80)102(94(82)64-74)89-33-13-3-23-77(89)78-24-4-14-34-90(78)102/h1-64H. The molecule has 3 aromatic heterocycles. The molecule has 23 rings (SSSR count). The fourth-order valence-electron chi connectivity index (χ4n) is 19.5. The lowest BCUT2D eigenvalue weighted by Crippen LogP contribution is -2.26. The minimum absolute atomic E-state index is 0.515. The van der Waals surface area contributed by atoms with Crippen LogP contribution in [0.5, 0.6) is 0 Å². The van der Waals surface area contributed by atoms with Gasteiger partial charge < -0.3 is 18.9 Å². The molecule has 0 atom stereocenters. The Bertz CT molecular complexity index is 6290. The molecule has 502 valence electrons. The highest BCUT2D eigenvalue weighted by molar-refractivity contribution is 6.11. The summed E-state index contributed by atoms with van der Waals surface area (Å²) in [6.45, 7) is 0. The third-order valence-corrected chi connectivity index (χ3v) is 23.9. The highest BCUT2D eigenvalue weighted by Gasteiger charge is 2.53. The quantitative estimate of drug-likeness (QED) is 0.137. The van der Waals surface area contributed by atoms with Crippen molar-refractivity contribution in [2.45, 2.75) is 10.8 Å². The first kappa shape index (κ1) is 60.2. The Morgan fingerprint density at radius 2 is 0.435 bits per heavy atom. The number of anilines is 6. The predicted octanol–water partition coefficient (Wildman–Crippen LogP) is 25.6. The molecule has 0 bridgehead atoms. The van der Waals surface area contributed by atoms with Gasteiger partial charge in [0.05, 0.1) is 44.3 Å². The number of hydrogen-bond donors (Lipinski definition) is 0. The van der Waals surface area contributed by atoms with E-state index in [4.69, 9.17) is 9.97 Å². The average Bonchev–Trinajstić information content (AvgIpc) is 1.51. The number of benzene rings is 16. The zero-order valence-corrected chi connectivity index (χ0v) is 58.6. The number of nitrogens with zero attached hydrogens (tertiary/aromatic N) is 6. The van der Waals surface area contributed by atoms with Crippen LogP contribution in [0.25, 0.3) is 122 Å². The normalized spacial score (nSPS) is 13.3. The van der Waals surface area contributed by atoms with Crippen LogP contribution in [0.2, 0.25) is 0 Å². The monoisotopic (exact) mass is 1370 g/mol. The van der Waals surface area contributed by atoms with Gasteiger partial charge >= 0.3 is 0 Å². The molecule has 4 aliphatic rings. The van der Waals surface area contributed by atoms with Crippen LogP contribution in [-0.2, 0) is 10.8 Å². The van der Waals surface area contributed by atoms with E-state index < -0.39 is 10.8 Å². The third kappa shape index (κ3) is 8.36. The molecule has 0 aliphatic heterocycles. The van der Waals surface area contributed by atoms with Crippen molar-refractivity contribution in [3.05, 3.63) is 433 Å². The maximum atomic E-state index is 5.18. The predicted molar refractivity (Wildman–Crippen MR) is 444 cm³/mol. The van der Waals surface area contributed by atoms with Gasteiger partial charge in [0.2, 0.25) is 0 Å². The Balaban J connectivity index is 0.647. The Hall–Kier alpha value is -14.2. The van der Waals surface area contributed by atoms with Gasteiger partial charge in [0.15, 0.2) is 0 Å². The third-order valence-electron chi connectivity index (χ3n) is 23.9. The zero-order chi connectivity index (χ0) is 70.8. The van der Waals surface area contributed by atoms with E-state index in [2.05, 4.69) is 395 Å². The van der Waals surface area contributed by atoms with Crippen LogP contribution in [0, 0.1) is 0 Å². The van der Waals surface area contributed by atoms with Gasteiger partial charge in [-0.05, 0) is 210 Å². The van der Waals surface area contributed by atoms with Crippen LogP contribution in [0.15, 0.2) is 389 Å². The fourth-order valence-corrected chi connectivity index (χ4v) is 19.5. The molecule has 19 aromatic rings. The lowest BCUT2D eigenvalue weighted by Gasteiger charge is -2.32. The summed E-state index contributed by atoms with van der Waals surface area (Å²) in [7, 11) is 0. The molecule has 108 heavy (non-hydrogen) atoms. The minimum Gasteiger partial charge on any atom is -0.310 e. The highest BCUT2D eigenvalue weighted by Crippen LogP contribution is 2.65. The first-order valence-electron chi connectivity index (χ1n) is 37.3. The van der Waals surface area contributed by atoms with E-state index >= 15 is 0 Å².